The number of rotatable bonds is 6. The summed E-state index contributed by atoms with van der Waals surface area (Å²) < 4.78 is 26.1. The Morgan fingerprint density at radius 2 is 1.90 bits per heavy atom. The summed E-state index contributed by atoms with van der Waals surface area (Å²) in [6.45, 7) is 1.65. The number of halogens is 1. The standard InChI is InChI=1S/C20H25ClN4O3S/c1-24(2)29(27,28)18-6-4-3-5-16(18)13-23-20(26)15-9-11-25(12-10-15)19-8-7-17(21)14-22-19/h3-8,14-15H,9-13H2,1-2H3,(H,23,26). The average Bonchev–Trinajstić information content (AvgIpc) is 2.73. The summed E-state index contributed by atoms with van der Waals surface area (Å²) >= 11 is 5.88. The maximum Gasteiger partial charge on any atom is 0.242 e. The van der Waals surface area contributed by atoms with Gasteiger partial charge in [-0.1, -0.05) is 29.8 Å². The molecule has 0 radical (unpaired) electrons. The fourth-order valence-corrected chi connectivity index (χ4v) is 4.58. The molecule has 156 valence electrons. The number of sulfonamides is 1. The minimum Gasteiger partial charge on any atom is -0.357 e. The van der Waals surface area contributed by atoms with Crippen LogP contribution in [-0.4, -0.2) is 50.8 Å². The van der Waals surface area contributed by atoms with Gasteiger partial charge in [-0.2, -0.15) is 0 Å². The van der Waals surface area contributed by atoms with Gasteiger partial charge in [0.15, 0.2) is 0 Å². The molecule has 1 aliphatic rings. The first-order valence-corrected chi connectivity index (χ1v) is 11.3. The number of nitrogens with zero attached hydrogens (tertiary/aromatic N) is 3. The molecule has 3 rings (SSSR count). The summed E-state index contributed by atoms with van der Waals surface area (Å²) in [5.74, 6) is 0.706. The highest BCUT2D eigenvalue weighted by molar-refractivity contribution is 7.89. The lowest BCUT2D eigenvalue weighted by Crippen LogP contribution is -2.40. The molecule has 29 heavy (non-hydrogen) atoms. The third kappa shape index (κ3) is 5.07. The van der Waals surface area contributed by atoms with Crippen LogP contribution < -0.4 is 10.2 Å². The van der Waals surface area contributed by atoms with Gasteiger partial charge in [0, 0.05) is 45.8 Å². The Kier molecular flexibility index (Phi) is 6.77. The molecule has 2 heterocycles. The van der Waals surface area contributed by atoms with Crippen LogP contribution in [0.1, 0.15) is 18.4 Å². The van der Waals surface area contributed by atoms with Gasteiger partial charge in [0.1, 0.15) is 5.82 Å². The molecule has 0 saturated carbocycles. The van der Waals surface area contributed by atoms with Crippen molar-refractivity contribution in [2.75, 3.05) is 32.1 Å². The van der Waals surface area contributed by atoms with Crippen LogP contribution in [0.25, 0.3) is 0 Å². The van der Waals surface area contributed by atoms with Gasteiger partial charge in [0.2, 0.25) is 15.9 Å². The largest absolute Gasteiger partial charge is 0.357 e. The molecule has 9 heteroatoms. The summed E-state index contributed by atoms with van der Waals surface area (Å²) in [6.07, 6.45) is 3.05. The van der Waals surface area contributed by atoms with Crippen LogP contribution in [0.5, 0.6) is 0 Å². The van der Waals surface area contributed by atoms with E-state index in [1.807, 2.05) is 12.1 Å². The molecule has 1 aliphatic heterocycles. The van der Waals surface area contributed by atoms with Gasteiger partial charge < -0.3 is 10.2 Å². The first-order chi connectivity index (χ1) is 13.8. The van der Waals surface area contributed by atoms with Crippen molar-refractivity contribution < 1.29 is 13.2 Å². The molecule has 0 bridgehead atoms. The molecule has 1 saturated heterocycles. The lowest BCUT2D eigenvalue weighted by molar-refractivity contribution is -0.125. The molecule has 2 aromatic rings. The Labute approximate surface area is 176 Å². The van der Waals surface area contributed by atoms with Crippen molar-refractivity contribution in [3.8, 4) is 0 Å². The van der Waals surface area contributed by atoms with E-state index in [1.165, 1.54) is 18.4 Å². The molecule has 0 atom stereocenters. The Morgan fingerprint density at radius 1 is 1.21 bits per heavy atom. The smallest absolute Gasteiger partial charge is 0.242 e. The quantitative estimate of drug-likeness (QED) is 0.752. The second-order valence-corrected chi connectivity index (χ2v) is 9.77. The van der Waals surface area contributed by atoms with Crippen molar-refractivity contribution in [2.45, 2.75) is 24.3 Å². The Morgan fingerprint density at radius 3 is 2.52 bits per heavy atom. The number of hydrogen-bond acceptors (Lipinski definition) is 5. The fraction of sp³-hybridized carbons (Fsp3) is 0.400. The van der Waals surface area contributed by atoms with Gasteiger partial charge in [-0.05, 0) is 36.6 Å². The third-order valence-corrected chi connectivity index (χ3v) is 7.22. The van der Waals surface area contributed by atoms with E-state index in [1.54, 1.807) is 30.5 Å². The maximum atomic E-state index is 12.6. The summed E-state index contributed by atoms with van der Waals surface area (Å²) in [7, 11) is -0.574. The number of piperidine rings is 1. The van der Waals surface area contributed by atoms with E-state index in [9.17, 15) is 13.2 Å². The van der Waals surface area contributed by atoms with Crippen LogP contribution in [0.3, 0.4) is 0 Å². The number of pyridine rings is 1. The number of anilines is 1. The molecule has 1 aromatic carbocycles. The zero-order valence-electron chi connectivity index (χ0n) is 16.5. The lowest BCUT2D eigenvalue weighted by atomic mass is 9.96. The molecule has 0 aliphatic carbocycles. The fourth-order valence-electron chi connectivity index (χ4n) is 3.35. The third-order valence-electron chi connectivity index (χ3n) is 5.09. The Balaban J connectivity index is 1.58. The van der Waals surface area contributed by atoms with E-state index in [2.05, 4.69) is 15.2 Å². The predicted molar refractivity (Wildman–Crippen MR) is 113 cm³/mol. The molecular weight excluding hydrogens is 412 g/mol. The normalized spacial score (nSPS) is 15.5. The van der Waals surface area contributed by atoms with Crippen molar-refractivity contribution in [2.24, 2.45) is 5.92 Å². The van der Waals surface area contributed by atoms with Crippen LogP contribution in [0, 0.1) is 5.92 Å². The van der Waals surface area contributed by atoms with Gasteiger partial charge in [-0.25, -0.2) is 17.7 Å². The van der Waals surface area contributed by atoms with Crippen LogP contribution >= 0.6 is 11.6 Å². The highest BCUT2D eigenvalue weighted by Gasteiger charge is 2.26. The van der Waals surface area contributed by atoms with Crippen molar-refractivity contribution in [3.05, 3.63) is 53.2 Å². The van der Waals surface area contributed by atoms with Gasteiger partial charge in [-0.15, -0.1) is 0 Å². The zero-order chi connectivity index (χ0) is 21.0. The van der Waals surface area contributed by atoms with Crippen molar-refractivity contribution >= 4 is 33.3 Å². The van der Waals surface area contributed by atoms with E-state index >= 15 is 0 Å². The number of amides is 1. The van der Waals surface area contributed by atoms with Crippen LogP contribution in [-0.2, 0) is 21.4 Å². The first-order valence-electron chi connectivity index (χ1n) is 9.43. The SMILES string of the molecule is CN(C)S(=O)(=O)c1ccccc1CNC(=O)C1CCN(c2ccc(Cl)cn2)CC1. The van der Waals surface area contributed by atoms with Crippen LogP contribution in [0.15, 0.2) is 47.5 Å². The van der Waals surface area contributed by atoms with Crippen molar-refractivity contribution in [1.29, 1.82) is 0 Å². The topological polar surface area (TPSA) is 82.6 Å². The summed E-state index contributed by atoms with van der Waals surface area (Å²) in [4.78, 5) is 19.3. The number of carbonyl (C=O) groups excluding carboxylic acids is 1. The van der Waals surface area contributed by atoms with Gasteiger partial charge >= 0.3 is 0 Å². The minimum atomic E-state index is -3.56. The average molecular weight is 437 g/mol. The second-order valence-electron chi connectivity index (χ2n) is 7.21. The molecule has 1 aromatic heterocycles. The number of benzene rings is 1. The van der Waals surface area contributed by atoms with E-state index in [4.69, 9.17) is 11.6 Å². The highest BCUT2D eigenvalue weighted by Crippen LogP contribution is 2.23. The molecule has 1 fully saturated rings. The Hall–Kier alpha value is -2.16. The molecule has 7 nitrogen and oxygen atoms in total. The monoisotopic (exact) mass is 436 g/mol. The van der Waals surface area contributed by atoms with Crippen LogP contribution in [0.2, 0.25) is 5.02 Å². The number of nitrogens with one attached hydrogen (secondary N) is 1. The molecule has 1 N–H and O–H groups in total. The van der Waals surface area contributed by atoms with Crippen molar-refractivity contribution in [1.82, 2.24) is 14.6 Å². The van der Waals surface area contributed by atoms with Crippen LogP contribution in [0.4, 0.5) is 5.82 Å². The van der Waals surface area contributed by atoms with Crippen molar-refractivity contribution in [3.63, 3.8) is 0 Å². The Bertz CT molecular complexity index is 956. The minimum absolute atomic E-state index is 0.0502. The highest BCUT2D eigenvalue weighted by atomic mass is 35.5. The van der Waals surface area contributed by atoms with Gasteiger partial charge in [0.25, 0.3) is 0 Å². The van der Waals surface area contributed by atoms with Gasteiger partial charge in [-0.3, -0.25) is 4.79 Å². The maximum absolute atomic E-state index is 12.6. The number of aromatic nitrogens is 1. The summed E-state index contributed by atoms with van der Waals surface area (Å²) in [5, 5.41) is 3.51. The van der Waals surface area contributed by atoms with E-state index < -0.39 is 10.0 Å². The summed E-state index contributed by atoms with van der Waals surface area (Å²) in [6, 6.07) is 10.4. The number of carbonyl (C=O) groups is 1. The number of hydrogen-bond donors (Lipinski definition) is 1. The zero-order valence-corrected chi connectivity index (χ0v) is 18.1. The predicted octanol–water partition coefficient (Wildman–Crippen LogP) is 2.52. The molecular formula is C20H25ClN4O3S. The lowest BCUT2D eigenvalue weighted by Gasteiger charge is -2.32. The van der Waals surface area contributed by atoms with E-state index in [-0.39, 0.29) is 23.3 Å². The summed E-state index contributed by atoms with van der Waals surface area (Å²) in [5.41, 5.74) is 0.581. The van der Waals surface area contributed by atoms with E-state index in [0.29, 0.717) is 23.4 Å². The van der Waals surface area contributed by atoms with Gasteiger partial charge in [0.05, 0.1) is 9.92 Å². The molecule has 0 spiro atoms. The second kappa shape index (κ2) is 9.11. The first kappa shape index (κ1) is 21.5. The molecule has 1 amide bonds. The molecule has 0 unspecified atom stereocenters. The van der Waals surface area contributed by atoms with E-state index in [0.717, 1.165) is 18.9 Å².